The molecule has 8 heteroatoms. The Balaban J connectivity index is 1.45. The van der Waals surface area contributed by atoms with Crippen LogP contribution in [0.1, 0.15) is 21.7 Å². The van der Waals surface area contributed by atoms with E-state index in [4.69, 9.17) is 16.8 Å². The van der Waals surface area contributed by atoms with Crippen molar-refractivity contribution < 1.29 is 10.0 Å². The van der Waals surface area contributed by atoms with Gasteiger partial charge in [0.1, 0.15) is 0 Å². The number of rotatable bonds is 2. The van der Waals surface area contributed by atoms with Crippen LogP contribution in [0.3, 0.4) is 0 Å². The van der Waals surface area contributed by atoms with Crippen LogP contribution in [-0.2, 0) is 0 Å². The zero-order valence-corrected chi connectivity index (χ0v) is 16.4. The van der Waals surface area contributed by atoms with E-state index in [1.807, 2.05) is 35.2 Å². The Morgan fingerprint density at radius 1 is 1.19 bits per heavy atom. The lowest BCUT2D eigenvalue weighted by atomic mass is 10.1. The van der Waals surface area contributed by atoms with Crippen molar-refractivity contribution in [1.29, 1.82) is 0 Å². The number of thiophene rings is 1. The van der Waals surface area contributed by atoms with Gasteiger partial charge in [-0.25, -0.2) is 0 Å². The van der Waals surface area contributed by atoms with Gasteiger partial charge in [0, 0.05) is 54.6 Å². The summed E-state index contributed by atoms with van der Waals surface area (Å²) in [5.41, 5.74) is 2.69. The highest BCUT2D eigenvalue weighted by Crippen LogP contribution is 2.38. The predicted molar refractivity (Wildman–Crippen MR) is 108 cm³/mol. The van der Waals surface area contributed by atoms with Gasteiger partial charge in [-0.2, -0.15) is 0 Å². The fourth-order valence-electron chi connectivity index (χ4n) is 3.26. The van der Waals surface area contributed by atoms with Crippen molar-refractivity contribution in [3.63, 3.8) is 0 Å². The SMILES string of the molecule is O=C(c1cc2c(s1)SCCC2=NO)N1CCN(c2cccc(Cl)c2)CC1. The first-order valence-electron chi connectivity index (χ1n) is 8.43. The van der Waals surface area contributed by atoms with E-state index < -0.39 is 0 Å². The summed E-state index contributed by atoms with van der Waals surface area (Å²) in [5, 5.41) is 13.3. The maximum atomic E-state index is 12.9. The number of hydrogen-bond donors (Lipinski definition) is 1. The van der Waals surface area contributed by atoms with Gasteiger partial charge in [-0.1, -0.05) is 22.8 Å². The molecule has 0 unspecified atom stereocenters. The number of carbonyl (C=O) groups is 1. The van der Waals surface area contributed by atoms with Crippen LogP contribution in [0.2, 0.25) is 5.02 Å². The van der Waals surface area contributed by atoms with Crippen molar-refractivity contribution in [3.05, 3.63) is 45.8 Å². The molecule has 0 radical (unpaired) electrons. The fourth-order valence-corrected chi connectivity index (χ4v) is 5.90. The van der Waals surface area contributed by atoms with Gasteiger partial charge in [-0.3, -0.25) is 4.79 Å². The lowest BCUT2D eigenvalue weighted by Gasteiger charge is -2.36. The summed E-state index contributed by atoms with van der Waals surface area (Å²) >= 11 is 9.31. The number of benzene rings is 1. The first-order chi connectivity index (χ1) is 12.7. The van der Waals surface area contributed by atoms with Gasteiger partial charge in [0.25, 0.3) is 5.91 Å². The molecule has 4 rings (SSSR count). The molecule has 1 saturated heterocycles. The van der Waals surface area contributed by atoms with Crippen LogP contribution < -0.4 is 4.90 Å². The number of amides is 1. The summed E-state index contributed by atoms with van der Waals surface area (Å²) < 4.78 is 1.07. The number of oxime groups is 1. The van der Waals surface area contributed by atoms with Gasteiger partial charge >= 0.3 is 0 Å². The highest BCUT2D eigenvalue weighted by Gasteiger charge is 2.27. The van der Waals surface area contributed by atoms with Crippen LogP contribution in [0.15, 0.2) is 39.7 Å². The van der Waals surface area contributed by atoms with Crippen molar-refractivity contribution in [3.8, 4) is 0 Å². The fraction of sp³-hybridized carbons (Fsp3) is 0.333. The minimum atomic E-state index is 0.0630. The van der Waals surface area contributed by atoms with Crippen LogP contribution in [0.25, 0.3) is 0 Å². The largest absolute Gasteiger partial charge is 0.411 e. The number of halogens is 1. The van der Waals surface area contributed by atoms with Crippen molar-refractivity contribution in [2.75, 3.05) is 36.8 Å². The van der Waals surface area contributed by atoms with E-state index in [0.29, 0.717) is 18.8 Å². The van der Waals surface area contributed by atoms with E-state index in [-0.39, 0.29) is 5.91 Å². The van der Waals surface area contributed by atoms with E-state index in [1.165, 1.54) is 11.3 Å². The highest BCUT2D eigenvalue weighted by atomic mass is 35.5. The number of hydrogen-bond acceptors (Lipinski definition) is 6. The van der Waals surface area contributed by atoms with Gasteiger partial charge in [-0.05, 0) is 24.3 Å². The van der Waals surface area contributed by atoms with E-state index in [0.717, 1.165) is 50.6 Å². The summed E-state index contributed by atoms with van der Waals surface area (Å²) in [6, 6.07) is 9.70. The van der Waals surface area contributed by atoms with Crippen LogP contribution in [0, 0.1) is 0 Å². The monoisotopic (exact) mass is 407 g/mol. The molecule has 5 nitrogen and oxygen atoms in total. The van der Waals surface area contributed by atoms with E-state index >= 15 is 0 Å². The topological polar surface area (TPSA) is 56.1 Å². The Kier molecular flexibility index (Phi) is 5.11. The molecule has 0 spiro atoms. The number of nitrogens with zero attached hydrogens (tertiary/aromatic N) is 3. The molecular weight excluding hydrogens is 390 g/mol. The molecule has 0 bridgehead atoms. The Hall–Kier alpha value is -1.70. The lowest BCUT2D eigenvalue weighted by molar-refractivity contribution is 0.0751. The van der Waals surface area contributed by atoms with Crippen molar-refractivity contribution in [2.24, 2.45) is 5.16 Å². The molecule has 1 aromatic heterocycles. The summed E-state index contributed by atoms with van der Waals surface area (Å²) in [5.74, 6) is 0.951. The highest BCUT2D eigenvalue weighted by molar-refractivity contribution is 8.01. The van der Waals surface area contributed by atoms with Gasteiger partial charge in [0.05, 0.1) is 14.8 Å². The molecule has 136 valence electrons. The molecule has 0 atom stereocenters. The first kappa shape index (κ1) is 17.7. The van der Waals surface area contributed by atoms with Crippen molar-refractivity contribution in [1.82, 2.24) is 4.90 Å². The van der Waals surface area contributed by atoms with E-state index in [1.54, 1.807) is 11.8 Å². The Morgan fingerprint density at radius 2 is 2.00 bits per heavy atom. The molecule has 2 aliphatic heterocycles. The minimum absolute atomic E-state index is 0.0630. The van der Waals surface area contributed by atoms with Gasteiger partial charge in [0.2, 0.25) is 0 Å². The summed E-state index contributed by atoms with van der Waals surface area (Å²) in [7, 11) is 0. The van der Waals surface area contributed by atoms with Crippen molar-refractivity contribution >= 4 is 52.0 Å². The standard InChI is InChI=1S/C18H18ClN3O2S2/c19-12-2-1-3-13(10-12)21-5-7-22(8-6-21)17(23)16-11-14-15(20-24)4-9-25-18(14)26-16/h1-3,10-11,24H,4-9H2. The molecule has 0 aliphatic carbocycles. The number of thioether (sulfide) groups is 1. The van der Waals surface area contributed by atoms with Crippen LogP contribution in [0.5, 0.6) is 0 Å². The molecule has 26 heavy (non-hydrogen) atoms. The quantitative estimate of drug-likeness (QED) is 0.603. The first-order valence-corrected chi connectivity index (χ1v) is 10.6. The second-order valence-corrected chi connectivity index (χ2v) is 9.07. The van der Waals surface area contributed by atoms with Gasteiger partial charge in [0.15, 0.2) is 0 Å². The molecule has 1 aromatic carbocycles. The Bertz CT molecular complexity index is 860. The normalized spacial score (nSPS) is 18.9. The Morgan fingerprint density at radius 3 is 2.73 bits per heavy atom. The van der Waals surface area contributed by atoms with Gasteiger partial charge in [-0.15, -0.1) is 23.1 Å². The summed E-state index contributed by atoms with van der Waals surface area (Å²) in [4.78, 5) is 17.8. The molecule has 1 amide bonds. The predicted octanol–water partition coefficient (Wildman–Crippen LogP) is 4.04. The van der Waals surface area contributed by atoms with Crippen LogP contribution in [0.4, 0.5) is 5.69 Å². The zero-order chi connectivity index (χ0) is 18.1. The summed E-state index contributed by atoms with van der Waals surface area (Å²) in [6.07, 6.45) is 0.733. The number of carbonyl (C=O) groups excluding carboxylic acids is 1. The number of anilines is 1. The molecular formula is C18H18ClN3O2S2. The molecule has 2 aromatic rings. The second kappa shape index (κ2) is 7.50. The lowest BCUT2D eigenvalue weighted by Crippen LogP contribution is -2.48. The smallest absolute Gasteiger partial charge is 0.264 e. The maximum Gasteiger partial charge on any atom is 0.264 e. The van der Waals surface area contributed by atoms with E-state index in [2.05, 4.69) is 10.1 Å². The third-order valence-corrected chi connectivity index (χ3v) is 7.30. The molecule has 3 heterocycles. The average molecular weight is 408 g/mol. The second-order valence-electron chi connectivity index (χ2n) is 6.22. The van der Waals surface area contributed by atoms with Crippen molar-refractivity contribution in [2.45, 2.75) is 10.6 Å². The molecule has 1 N–H and O–H groups in total. The number of piperazine rings is 1. The molecule has 1 fully saturated rings. The molecule has 2 aliphatic rings. The third kappa shape index (κ3) is 3.43. The van der Waals surface area contributed by atoms with E-state index in [9.17, 15) is 4.79 Å². The van der Waals surface area contributed by atoms with Crippen LogP contribution >= 0.6 is 34.7 Å². The molecule has 0 saturated carbocycles. The van der Waals surface area contributed by atoms with Crippen LogP contribution in [-0.4, -0.2) is 53.7 Å². The zero-order valence-electron chi connectivity index (χ0n) is 14.0. The minimum Gasteiger partial charge on any atom is -0.411 e. The maximum absolute atomic E-state index is 12.9. The average Bonchev–Trinajstić information content (AvgIpc) is 3.12. The summed E-state index contributed by atoms with van der Waals surface area (Å²) in [6.45, 7) is 2.94. The third-order valence-electron chi connectivity index (χ3n) is 4.65. The van der Waals surface area contributed by atoms with Gasteiger partial charge < -0.3 is 15.0 Å². The number of fused-ring (bicyclic) bond motifs is 1. The Labute approximate surface area is 165 Å².